The summed E-state index contributed by atoms with van der Waals surface area (Å²) in [4.78, 5) is 18.4. The summed E-state index contributed by atoms with van der Waals surface area (Å²) in [6.07, 6.45) is -3.80. The Kier molecular flexibility index (Phi) is 6.97. The fourth-order valence-corrected chi connectivity index (χ4v) is 3.88. The second kappa shape index (κ2) is 9.49. The maximum Gasteiger partial charge on any atom is 0.416 e. The van der Waals surface area contributed by atoms with E-state index in [9.17, 15) is 18.0 Å². The second-order valence-corrected chi connectivity index (χ2v) is 8.27. The van der Waals surface area contributed by atoms with E-state index in [0.29, 0.717) is 22.9 Å². The second-order valence-electron chi connectivity index (χ2n) is 7.41. The van der Waals surface area contributed by atoms with Crippen LogP contribution in [0.25, 0.3) is 11.3 Å². The van der Waals surface area contributed by atoms with Crippen molar-refractivity contribution in [3.63, 3.8) is 0 Å². The molecule has 164 valence electrons. The van der Waals surface area contributed by atoms with Crippen molar-refractivity contribution in [2.75, 3.05) is 26.0 Å². The summed E-state index contributed by atoms with van der Waals surface area (Å²) in [5, 5.41) is 5.21. The molecule has 0 aliphatic rings. The number of rotatable bonds is 8. The number of aromatic nitrogens is 1. The molecule has 0 aliphatic heterocycles. The molecule has 0 spiro atoms. The zero-order valence-corrected chi connectivity index (χ0v) is 17.9. The molecule has 0 fully saturated rings. The molecule has 0 aliphatic carbocycles. The van der Waals surface area contributed by atoms with Crippen molar-refractivity contribution in [2.24, 2.45) is 5.73 Å². The Bertz CT molecular complexity index is 1050. The van der Waals surface area contributed by atoms with E-state index < -0.39 is 17.7 Å². The van der Waals surface area contributed by atoms with Gasteiger partial charge in [-0.05, 0) is 56.9 Å². The zero-order valence-electron chi connectivity index (χ0n) is 17.1. The molecular formula is C22H23F3N4OS. The lowest BCUT2D eigenvalue weighted by Crippen LogP contribution is -2.25. The highest BCUT2D eigenvalue weighted by molar-refractivity contribution is 7.14. The van der Waals surface area contributed by atoms with Gasteiger partial charge in [0.2, 0.25) is 5.91 Å². The Hall–Kier alpha value is -2.91. The van der Waals surface area contributed by atoms with Crippen LogP contribution in [0.4, 0.5) is 24.0 Å². The highest BCUT2D eigenvalue weighted by Gasteiger charge is 2.30. The first-order valence-electron chi connectivity index (χ1n) is 9.57. The monoisotopic (exact) mass is 448 g/mol. The molecule has 31 heavy (non-hydrogen) atoms. The van der Waals surface area contributed by atoms with Gasteiger partial charge in [-0.25, -0.2) is 4.98 Å². The third-order valence-electron chi connectivity index (χ3n) is 4.74. The molecule has 1 aromatic heterocycles. The van der Waals surface area contributed by atoms with Gasteiger partial charge in [0, 0.05) is 16.6 Å². The van der Waals surface area contributed by atoms with Gasteiger partial charge in [-0.2, -0.15) is 13.2 Å². The van der Waals surface area contributed by atoms with Gasteiger partial charge < -0.3 is 16.0 Å². The van der Waals surface area contributed by atoms with E-state index in [4.69, 9.17) is 5.73 Å². The van der Waals surface area contributed by atoms with Gasteiger partial charge in [-0.3, -0.25) is 4.79 Å². The standard InChI is InChI=1S/C22H23F3N4OS/c1-29(2)10-9-18(20(26)30)14-5-3-6-15(11-14)19-13-31-21(28-19)27-17-8-4-7-16(12-17)22(23,24)25/h3-8,11-13,18H,9-10H2,1-2H3,(H2,26,30)(H,27,28). The maximum absolute atomic E-state index is 12.9. The molecule has 0 bridgehead atoms. The summed E-state index contributed by atoms with van der Waals surface area (Å²) < 4.78 is 38.7. The first-order valence-corrected chi connectivity index (χ1v) is 10.5. The number of nitrogens with zero attached hydrogens (tertiary/aromatic N) is 2. The van der Waals surface area contributed by atoms with Crippen LogP contribution in [0.3, 0.4) is 0 Å². The number of hydrogen-bond acceptors (Lipinski definition) is 5. The fraction of sp³-hybridized carbons (Fsp3) is 0.273. The molecule has 9 heteroatoms. The largest absolute Gasteiger partial charge is 0.416 e. The van der Waals surface area contributed by atoms with Crippen molar-refractivity contribution >= 4 is 28.1 Å². The number of carbonyl (C=O) groups excluding carboxylic acids is 1. The van der Waals surface area contributed by atoms with E-state index in [1.807, 2.05) is 48.6 Å². The number of nitrogens with one attached hydrogen (secondary N) is 1. The topological polar surface area (TPSA) is 71.2 Å². The molecular weight excluding hydrogens is 425 g/mol. The van der Waals surface area contributed by atoms with Crippen molar-refractivity contribution in [1.29, 1.82) is 0 Å². The SMILES string of the molecule is CN(C)CCC(C(N)=O)c1cccc(-c2csc(Nc3cccc(C(F)(F)F)c3)n2)c1. The number of nitrogens with two attached hydrogens (primary N) is 1. The van der Waals surface area contributed by atoms with Gasteiger partial charge in [-0.15, -0.1) is 11.3 Å². The van der Waals surface area contributed by atoms with E-state index in [-0.39, 0.29) is 5.91 Å². The quantitative estimate of drug-likeness (QED) is 0.503. The number of alkyl halides is 3. The number of hydrogen-bond donors (Lipinski definition) is 2. The third-order valence-corrected chi connectivity index (χ3v) is 5.50. The third kappa shape index (κ3) is 6.05. The molecule has 2 aromatic carbocycles. The van der Waals surface area contributed by atoms with Crippen LogP contribution in [0.5, 0.6) is 0 Å². The van der Waals surface area contributed by atoms with Crippen LogP contribution in [0, 0.1) is 0 Å². The van der Waals surface area contributed by atoms with Crippen LogP contribution >= 0.6 is 11.3 Å². The van der Waals surface area contributed by atoms with E-state index in [0.717, 1.165) is 29.8 Å². The lowest BCUT2D eigenvalue weighted by atomic mass is 9.93. The van der Waals surface area contributed by atoms with E-state index in [2.05, 4.69) is 10.3 Å². The van der Waals surface area contributed by atoms with Crippen LogP contribution < -0.4 is 11.1 Å². The lowest BCUT2D eigenvalue weighted by Gasteiger charge is -2.17. The minimum atomic E-state index is -4.41. The molecule has 1 unspecified atom stereocenters. The summed E-state index contributed by atoms with van der Waals surface area (Å²) in [7, 11) is 3.87. The molecule has 0 saturated carbocycles. The number of benzene rings is 2. The molecule has 3 rings (SSSR count). The number of thiazole rings is 1. The van der Waals surface area contributed by atoms with Crippen LogP contribution in [-0.4, -0.2) is 36.4 Å². The van der Waals surface area contributed by atoms with E-state index in [1.165, 1.54) is 17.4 Å². The maximum atomic E-state index is 12.9. The normalized spacial score (nSPS) is 12.7. The number of carbonyl (C=O) groups is 1. The van der Waals surface area contributed by atoms with Gasteiger partial charge in [0.15, 0.2) is 5.13 Å². The smallest absolute Gasteiger partial charge is 0.369 e. The zero-order chi connectivity index (χ0) is 22.6. The van der Waals surface area contributed by atoms with Gasteiger partial charge in [0.1, 0.15) is 0 Å². The number of primary amides is 1. The van der Waals surface area contributed by atoms with Gasteiger partial charge in [0.25, 0.3) is 0 Å². The van der Waals surface area contributed by atoms with Crippen LogP contribution in [0.1, 0.15) is 23.5 Å². The van der Waals surface area contributed by atoms with E-state index in [1.54, 1.807) is 6.07 Å². The van der Waals surface area contributed by atoms with Crippen molar-refractivity contribution < 1.29 is 18.0 Å². The Morgan fingerprint density at radius 3 is 2.61 bits per heavy atom. The molecule has 0 saturated heterocycles. The average Bonchev–Trinajstić information content (AvgIpc) is 3.16. The van der Waals surface area contributed by atoms with Crippen LogP contribution in [0.15, 0.2) is 53.9 Å². The van der Waals surface area contributed by atoms with Crippen LogP contribution in [0.2, 0.25) is 0 Å². The highest BCUT2D eigenvalue weighted by Crippen LogP contribution is 2.33. The van der Waals surface area contributed by atoms with Gasteiger partial charge in [0.05, 0.1) is 17.2 Å². The highest BCUT2D eigenvalue weighted by atomic mass is 32.1. The number of anilines is 2. The fourth-order valence-electron chi connectivity index (χ4n) is 3.14. The van der Waals surface area contributed by atoms with Crippen molar-refractivity contribution in [2.45, 2.75) is 18.5 Å². The Morgan fingerprint density at radius 1 is 1.19 bits per heavy atom. The molecule has 3 aromatic rings. The predicted octanol–water partition coefficient (Wildman–Crippen LogP) is 5.09. The minimum Gasteiger partial charge on any atom is -0.369 e. The summed E-state index contributed by atoms with van der Waals surface area (Å²) in [6, 6.07) is 12.4. The summed E-state index contributed by atoms with van der Waals surface area (Å²) >= 11 is 1.29. The molecule has 1 atom stereocenters. The van der Waals surface area contributed by atoms with Crippen molar-refractivity contribution in [3.8, 4) is 11.3 Å². The lowest BCUT2D eigenvalue weighted by molar-refractivity contribution is -0.137. The molecule has 3 N–H and O–H groups in total. The summed E-state index contributed by atoms with van der Waals surface area (Å²) in [5.41, 5.74) is 7.48. The number of halogens is 3. The molecule has 5 nitrogen and oxygen atoms in total. The first-order chi connectivity index (χ1) is 14.6. The van der Waals surface area contributed by atoms with Gasteiger partial charge in [-0.1, -0.05) is 24.3 Å². The minimum absolute atomic E-state index is 0.307. The Labute approximate surface area is 182 Å². The molecule has 0 radical (unpaired) electrons. The average molecular weight is 449 g/mol. The predicted molar refractivity (Wildman–Crippen MR) is 117 cm³/mol. The summed E-state index contributed by atoms with van der Waals surface area (Å²) in [6.45, 7) is 0.722. The Balaban J connectivity index is 1.80. The van der Waals surface area contributed by atoms with Gasteiger partial charge >= 0.3 is 6.18 Å². The van der Waals surface area contributed by atoms with E-state index >= 15 is 0 Å². The molecule has 1 amide bonds. The van der Waals surface area contributed by atoms with Crippen LogP contribution in [-0.2, 0) is 11.0 Å². The number of amides is 1. The summed E-state index contributed by atoms with van der Waals surface area (Å²) in [5.74, 6) is -0.798. The molecule has 1 heterocycles. The first kappa shape index (κ1) is 22.8. The van der Waals surface area contributed by atoms with Crippen molar-refractivity contribution in [3.05, 3.63) is 65.0 Å². The van der Waals surface area contributed by atoms with Crippen molar-refractivity contribution in [1.82, 2.24) is 9.88 Å². The Morgan fingerprint density at radius 2 is 1.94 bits per heavy atom.